The van der Waals surface area contributed by atoms with E-state index in [1.807, 2.05) is 0 Å². The number of hydrogen-bond donors (Lipinski definition) is 1. The van der Waals surface area contributed by atoms with Crippen LogP contribution in [0.1, 0.15) is 10.4 Å². The van der Waals surface area contributed by atoms with Crippen molar-refractivity contribution in [3.63, 3.8) is 0 Å². The van der Waals surface area contributed by atoms with Crippen LogP contribution in [0.5, 0.6) is 5.88 Å². The van der Waals surface area contributed by atoms with E-state index in [0.717, 1.165) is 6.20 Å². The molecule has 2 aromatic heterocycles. The Morgan fingerprint density at radius 1 is 1.56 bits per heavy atom. The third-order valence-corrected chi connectivity index (χ3v) is 2.01. The van der Waals surface area contributed by atoms with Crippen molar-refractivity contribution < 1.29 is 19.2 Å². The number of carboxylic acid groups (broad SMARTS) is 1. The summed E-state index contributed by atoms with van der Waals surface area (Å²) in [6.07, 6.45) is 2.68. The summed E-state index contributed by atoms with van der Waals surface area (Å²) < 4.78 is 9.92. The first-order valence-corrected chi connectivity index (χ1v) is 4.41. The number of rotatable bonds is 3. The Morgan fingerprint density at radius 2 is 2.38 bits per heavy atom. The number of hydrogen-bond acceptors (Lipinski definition) is 5. The van der Waals surface area contributed by atoms with Gasteiger partial charge < -0.3 is 14.4 Å². The summed E-state index contributed by atoms with van der Waals surface area (Å²) in [7, 11) is 1.45. The maximum atomic E-state index is 10.9. The minimum atomic E-state index is -1.11. The van der Waals surface area contributed by atoms with Crippen molar-refractivity contribution in [2.24, 2.45) is 0 Å². The van der Waals surface area contributed by atoms with Gasteiger partial charge in [0.15, 0.2) is 5.76 Å². The van der Waals surface area contributed by atoms with Crippen LogP contribution in [0.2, 0.25) is 0 Å². The number of aromatic nitrogens is 2. The Kier molecular flexibility index (Phi) is 2.55. The molecule has 0 saturated heterocycles. The van der Waals surface area contributed by atoms with E-state index in [0.29, 0.717) is 11.4 Å². The maximum absolute atomic E-state index is 10.9. The topological polar surface area (TPSA) is 85.5 Å². The standard InChI is InChI=1S/C10H8N2O4/c1-15-9-6(3-2-4-11-9)8-7(10(13)14)5-12-16-8/h2-5H,1H3,(H,13,14). The quantitative estimate of drug-likeness (QED) is 0.842. The molecule has 0 aliphatic carbocycles. The number of carboxylic acids is 1. The van der Waals surface area contributed by atoms with E-state index in [-0.39, 0.29) is 11.3 Å². The summed E-state index contributed by atoms with van der Waals surface area (Å²) in [5.41, 5.74) is 0.436. The van der Waals surface area contributed by atoms with Crippen molar-refractivity contribution in [1.82, 2.24) is 10.1 Å². The van der Waals surface area contributed by atoms with Crippen molar-refractivity contribution in [2.75, 3.05) is 7.11 Å². The lowest BCUT2D eigenvalue weighted by Crippen LogP contribution is -1.97. The number of carbonyl (C=O) groups is 1. The molecule has 1 N–H and O–H groups in total. The fraction of sp³-hybridized carbons (Fsp3) is 0.100. The Balaban J connectivity index is 2.58. The molecule has 0 saturated carbocycles. The first-order valence-electron chi connectivity index (χ1n) is 4.41. The Labute approximate surface area is 90.5 Å². The zero-order valence-corrected chi connectivity index (χ0v) is 8.38. The third kappa shape index (κ3) is 1.60. The number of ether oxygens (including phenoxy) is 1. The van der Waals surface area contributed by atoms with Gasteiger partial charge in [0.05, 0.1) is 18.9 Å². The van der Waals surface area contributed by atoms with Gasteiger partial charge in [-0.2, -0.15) is 0 Å². The van der Waals surface area contributed by atoms with Gasteiger partial charge in [-0.3, -0.25) is 0 Å². The Bertz CT molecular complexity index is 521. The molecular formula is C10H8N2O4. The van der Waals surface area contributed by atoms with E-state index in [1.54, 1.807) is 18.3 Å². The van der Waals surface area contributed by atoms with Crippen molar-refractivity contribution >= 4 is 5.97 Å². The van der Waals surface area contributed by atoms with Crippen LogP contribution < -0.4 is 4.74 Å². The molecule has 0 fully saturated rings. The molecule has 0 spiro atoms. The fourth-order valence-corrected chi connectivity index (χ4v) is 1.31. The highest BCUT2D eigenvalue weighted by atomic mass is 16.5. The Hall–Kier alpha value is -2.37. The number of nitrogens with zero attached hydrogens (tertiary/aromatic N) is 2. The minimum Gasteiger partial charge on any atom is -0.480 e. The molecule has 2 rings (SSSR count). The molecule has 0 radical (unpaired) electrons. The smallest absolute Gasteiger partial charge is 0.341 e. The first kappa shape index (κ1) is 10.2. The van der Waals surface area contributed by atoms with E-state index < -0.39 is 5.97 Å². The Morgan fingerprint density at radius 3 is 3.06 bits per heavy atom. The van der Waals surface area contributed by atoms with Gasteiger partial charge in [0.25, 0.3) is 0 Å². The second-order valence-electron chi connectivity index (χ2n) is 2.93. The van der Waals surface area contributed by atoms with E-state index in [2.05, 4.69) is 10.1 Å². The number of pyridine rings is 1. The third-order valence-electron chi connectivity index (χ3n) is 2.01. The molecular weight excluding hydrogens is 212 g/mol. The fourth-order valence-electron chi connectivity index (χ4n) is 1.31. The predicted molar refractivity (Wildman–Crippen MR) is 53.2 cm³/mol. The van der Waals surface area contributed by atoms with Crippen LogP contribution in [0.3, 0.4) is 0 Å². The summed E-state index contributed by atoms with van der Waals surface area (Å²) in [5.74, 6) is -0.679. The van der Waals surface area contributed by atoms with E-state index in [9.17, 15) is 4.79 Å². The summed E-state index contributed by atoms with van der Waals surface area (Å²) in [4.78, 5) is 14.8. The van der Waals surface area contributed by atoms with Gasteiger partial charge in [-0.15, -0.1) is 0 Å². The molecule has 0 aromatic carbocycles. The summed E-state index contributed by atoms with van der Waals surface area (Å²) in [5, 5.41) is 12.4. The molecule has 2 heterocycles. The molecule has 0 bridgehead atoms. The highest BCUT2D eigenvalue weighted by molar-refractivity contribution is 5.94. The summed E-state index contributed by atoms with van der Waals surface area (Å²) in [6, 6.07) is 3.31. The molecule has 6 nitrogen and oxygen atoms in total. The zero-order valence-electron chi connectivity index (χ0n) is 8.38. The molecule has 16 heavy (non-hydrogen) atoms. The number of aromatic carboxylic acids is 1. The second kappa shape index (κ2) is 4.01. The lowest BCUT2D eigenvalue weighted by molar-refractivity contribution is 0.0697. The molecule has 82 valence electrons. The van der Waals surface area contributed by atoms with Gasteiger partial charge in [0, 0.05) is 6.20 Å². The summed E-state index contributed by atoms with van der Waals surface area (Å²) in [6.45, 7) is 0. The maximum Gasteiger partial charge on any atom is 0.341 e. The van der Waals surface area contributed by atoms with Crippen molar-refractivity contribution in [1.29, 1.82) is 0 Å². The predicted octanol–water partition coefficient (Wildman–Crippen LogP) is 1.44. The first-order chi connectivity index (χ1) is 7.74. The van der Waals surface area contributed by atoms with Gasteiger partial charge in [0.2, 0.25) is 5.88 Å². The second-order valence-corrected chi connectivity index (χ2v) is 2.93. The highest BCUT2D eigenvalue weighted by Crippen LogP contribution is 2.30. The molecule has 0 unspecified atom stereocenters. The van der Waals surface area contributed by atoms with Crippen molar-refractivity contribution in [2.45, 2.75) is 0 Å². The van der Waals surface area contributed by atoms with E-state index >= 15 is 0 Å². The van der Waals surface area contributed by atoms with Crippen LogP contribution in [-0.2, 0) is 0 Å². The van der Waals surface area contributed by atoms with Crippen LogP contribution in [0, 0.1) is 0 Å². The molecule has 0 aliphatic rings. The lowest BCUT2D eigenvalue weighted by atomic mass is 10.1. The molecule has 0 amide bonds. The van der Waals surface area contributed by atoms with Gasteiger partial charge >= 0.3 is 5.97 Å². The normalized spacial score (nSPS) is 10.1. The average molecular weight is 220 g/mol. The van der Waals surface area contributed by atoms with Crippen molar-refractivity contribution in [3.8, 4) is 17.2 Å². The van der Waals surface area contributed by atoms with E-state index in [4.69, 9.17) is 14.4 Å². The molecule has 2 aromatic rings. The van der Waals surface area contributed by atoms with Gasteiger partial charge in [-0.05, 0) is 12.1 Å². The summed E-state index contributed by atoms with van der Waals surface area (Å²) >= 11 is 0. The van der Waals surface area contributed by atoms with Crippen molar-refractivity contribution in [3.05, 3.63) is 30.1 Å². The SMILES string of the molecule is COc1ncccc1-c1oncc1C(=O)O. The minimum absolute atomic E-state index is 0.0219. The molecule has 0 atom stereocenters. The molecule has 0 aliphatic heterocycles. The van der Waals surface area contributed by atoms with Crippen LogP contribution in [0.4, 0.5) is 0 Å². The largest absolute Gasteiger partial charge is 0.480 e. The van der Waals surface area contributed by atoms with Crippen LogP contribution in [0.25, 0.3) is 11.3 Å². The average Bonchev–Trinajstić information content (AvgIpc) is 2.77. The van der Waals surface area contributed by atoms with Crippen LogP contribution in [0.15, 0.2) is 29.0 Å². The number of methoxy groups -OCH3 is 1. The van der Waals surface area contributed by atoms with Gasteiger partial charge in [0.1, 0.15) is 5.56 Å². The van der Waals surface area contributed by atoms with Gasteiger partial charge in [-0.25, -0.2) is 9.78 Å². The van der Waals surface area contributed by atoms with Crippen LogP contribution >= 0.6 is 0 Å². The zero-order chi connectivity index (χ0) is 11.5. The monoisotopic (exact) mass is 220 g/mol. The molecule has 6 heteroatoms. The van der Waals surface area contributed by atoms with Crippen LogP contribution in [-0.4, -0.2) is 28.3 Å². The highest BCUT2D eigenvalue weighted by Gasteiger charge is 2.20. The van der Waals surface area contributed by atoms with E-state index in [1.165, 1.54) is 7.11 Å². The van der Waals surface area contributed by atoms with Gasteiger partial charge in [-0.1, -0.05) is 5.16 Å². The lowest BCUT2D eigenvalue weighted by Gasteiger charge is -2.03.